The molecule has 0 aliphatic carbocycles. The van der Waals surface area contributed by atoms with Crippen molar-refractivity contribution in [1.82, 2.24) is 19.6 Å². The summed E-state index contributed by atoms with van der Waals surface area (Å²) in [7, 11) is 0. The zero-order valence-corrected chi connectivity index (χ0v) is 19.8. The molecule has 0 spiro atoms. The van der Waals surface area contributed by atoms with Crippen LogP contribution in [0.1, 0.15) is 21.6 Å². The van der Waals surface area contributed by atoms with Crippen LogP contribution in [0.15, 0.2) is 60.9 Å². The van der Waals surface area contributed by atoms with Crippen molar-refractivity contribution in [2.24, 2.45) is 0 Å². The van der Waals surface area contributed by atoms with Crippen molar-refractivity contribution in [2.45, 2.75) is 19.5 Å². The van der Waals surface area contributed by atoms with Crippen LogP contribution in [0.25, 0.3) is 0 Å². The minimum absolute atomic E-state index is 0.0114. The summed E-state index contributed by atoms with van der Waals surface area (Å²) in [5, 5.41) is 12.0. The Kier molecular flexibility index (Phi) is 7.25. The molecule has 0 saturated heterocycles. The van der Waals surface area contributed by atoms with Gasteiger partial charge in [0, 0.05) is 28.0 Å². The predicted molar refractivity (Wildman–Crippen MR) is 125 cm³/mol. The van der Waals surface area contributed by atoms with E-state index in [1.54, 1.807) is 18.2 Å². The number of nitrogens with one attached hydrogen (secondary N) is 1. The Hall–Kier alpha value is -3.21. The normalized spacial score (nSPS) is 11.5. The van der Waals surface area contributed by atoms with Crippen molar-refractivity contribution >= 4 is 46.5 Å². The molecule has 0 radical (unpaired) electrons. The molecule has 0 atom stereocenters. The molecule has 0 fully saturated rings. The van der Waals surface area contributed by atoms with Crippen LogP contribution < -0.4 is 10.1 Å². The summed E-state index contributed by atoms with van der Waals surface area (Å²) in [4.78, 5) is 12.6. The third-order valence-corrected chi connectivity index (χ3v) is 5.71. The number of aromatic nitrogens is 4. The second-order valence-corrected chi connectivity index (χ2v) is 8.44. The first-order valence-electron chi connectivity index (χ1n) is 9.91. The van der Waals surface area contributed by atoms with Crippen molar-refractivity contribution in [3.05, 3.63) is 92.8 Å². The van der Waals surface area contributed by atoms with Crippen molar-refractivity contribution in [3.63, 3.8) is 0 Å². The van der Waals surface area contributed by atoms with E-state index < -0.39 is 17.6 Å². The number of carbonyl (C=O) groups excluding carboxylic acids is 1. The van der Waals surface area contributed by atoms with Crippen LogP contribution in [0, 0.1) is 0 Å². The lowest BCUT2D eigenvalue weighted by Gasteiger charge is -2.10. The summed E-state index contributed by atoms with van der Waals surface area (Å²) in [6.07, 6.45) is -1.52. The first kappa shape index (κ1) is 24.9. The zero-order chi connectivity index (χ0) is 25.2. The Morgan fingerprint density at radius 2 is 1.69 bits per heavy atom. The molecule has 4 rings (SSSR count). The largest absolute Gasteiger partial charge is 0.471 e. The third kappa shape index (κ3) is 6.08. The number of benzene rings is 2. The fourth-order valence-corrected chi connectivity index (χ4v) is 3.75. The maximum Gasteiger partial charge on any atom is 0.416 e. The van der Waals surface area contributed by atoms with Crippen LogP contribution in [0.5, 0.6) is 5.75 Å². The molecular weight excluding hydrogens is 530 g/mol. The molecule has 0 unspecified atom stereocenters. The van der Waals surface area contributed by atoms with Gasteiger partial charge in [-0.1, -0.05) is 46.9 Å². The molecule has 0 aliphatic rings. The predicted octanol–water partition coefficient (Wildman–Crippen LogP) is 6.40. The first-order valence-corrected chi connectivity index (χ1v) is 11.0. The lowest BCUT2D eigenvalue weighted by molar-refractivity contribution is -0.137. The number of alkyl halides is 3. The van der Waals surface area contributed by atoms with Crippen LogP contribution in [0.4, 0.5) is 19.0 Å². The number of amides is 1. The molecule has 0 saturated carbocycles. The molecular formula is C22H15Cl3F3N5O2. The maximum atomic E-state index is 12.8. The van der Waals surface area contributed by atoms with E-state index in [4.69, 9.17) is 39.5 Å². The molecule has 7 nitrogen and oxygen atoms in total. The van der Waals surface area contributed by atoms with E-state index in [-0.39, 0.29) is 35.6 Å². The summed E-state index contributed by atoms with van der Waals surface area (Å²) in [5.41, 5.74) is -0.159. The molecule has 182 valence electrons. The van der Waals surface area contributed by atoms with E-state index >= 15 is 0 Å². The van der Waals surface area contributed by atoms with Crippen LogP contribution in [-0.2, 0) is 19.5 Å². The average Bonchev–Trinajstić information content (AvgIpc) is 3.41. The Bertz CT molecular complexity index is 1350. The molecule has 2 heterocycles. The summed E-state index contributed by atoms with van der Waals surface area (Å²) < 4.78 is 46.6. The molecule has 35 heavy (non-hydrogen) atoms. The number of nitrogens with zero attached hydrogens (tertiary/aromatic N) is 4. The molecule has 13 heteroatoms. The van der Waals surface area contributed by atoms with E-state index in [1.165, 1.54) is 40.0 Å². The second-order valence-electron chi connectivity index (χ2n) is 7.22. The SMILES string of the molecule is O=C(Nc1nn(Cc2c(Cl)cccc2Cl)cc1Cl)c1ccn(COc2cccc(C(F)(F)F)c2)n1. The van der Waals surface area contributed by atoms with E-state index in [1.807, 2.05) is 0 Å². The minimum Gasteiger partial charge on any atom is -0.471 e. The zero-order valence-electron chi connectivity index (χ0n) is 17.6. The Morgan fingerprint density at radius 3 is 2.40 bits per heavy atom. The number of carbonyl (C=O) groups is 1. The Balaban J connectivity index is 1.39. The molecule has 1 N–H and O–H groups in total. The van der Waals surface area contributed by atoms with Crippen molar-refractivity contribution in [2.75, 3.05) is 5.32 Å². The van der Waals surface area contributed by atoms with Gasteiger partial charge in [0.2, 0.25) is 0 Å². The van der Waals surface area contributed by atoms with Gasteiger partial charge in [0.05, 0.1) is 12.1 Å². The van der Waals surface area contributed by atoms with Crippen molar-refractivity contribution in [1.29, 1.82) is 0 Å². The lowest BCUT2D eigenvalue weighted by atomic mass is 10.2. The van der Waals surface area contributed by atoms with Gasteiger partial charge in [-0.05, 0) is 36.4 Å². The second kappa shape index (κ2) is 10.2. The third-order valence-electron chi connectivity index (χ3n) is 4.73. The fourth-order valence-electron chi connectivity index (χ4n) is 3.04. The number of anilines is 1. The van der Waals surface area contributed by atoms with Crippen molar-refractivity contribution < 1.29 is 22.7 Å². The highest BCUT2D eigenvalue weighted by Gasteiger charge is 2.30. The highest BCUT2D eigenvalue weighted by atomic mass is 35.5. The number of halogens is 6. The van der Waals surface area contributed by atoms with Crippen LogP contribution in [-0.4, -0.2) is 25.5 Å². The van der Waals surface area contributed by atoms with Gasteiger partial charge in [-0.15, -0.1) is 0 Å². The quantitative estimate of drug-likeness (QED) is 0.292. The van der Waals surface area contributed by atoms with Gasteiger partial charge >= 0.3 is 6.18 Å². The number of hydrogen-bond acceptors (Lipinski definition) is 4. The van der Waals surface area contributed by atoms with Gasteiger partial charge in [0.15, 0.2) is 18.2 Å². The smallest absolute Gasteiger partial charge is 0.416 e. The van der Waals surface area contributed by atoms with Crippen molar-refractivity contribution in [3.8, 4) is 5.75 Å². The molecule has 4 aromatic rings. The highest BCUT2D eigenvalue weighted by molar-refractivity contribution is 6.36. The molecule has 0 aliphatic heterocycles. The van der Waals surface area contributed by atoms with Gasteiger partial charge in [0.25, 0.3) is 5.91 Å². The topological polar surface area (TPSA) is 74.0 Å². The number of ether oxygens (including phenoxy) is 1. The lowest BCUT2D eigenvalue weighted by Crippen LogP contribution is -2.15. The van der Waals surface area contributed by atoms with Gasteiger partial charge in [-0.3, -0.25) is 9.48 Å². The van der Waals surface area contributed by atoms with Gasteiger partial charge < -0.3 is 10.1 Å². The minimum atomic E-state index is -4.48. The van der Waals surface area contributed by atoms with E-state index in [0.717, 1.165) is 12.1 Å². The standard InChI is InChI=1S/C22H15Cl3F3N5O2/c23-16-5-2-6-17(24)15(16)10-33-11-18(25)20(31-33)29-21(34)19-7-8-32(30-19)12-35-14-4-1-3-13(9-14)22(26,27)28/h1-9,11H,10,12H2,(H,29,31,34). The number of rotatable bonds is 7. The fraction of sp³-hybridized carbons (Fsp3) is 0.136. The van der Waals surface area contributed by atoms with E-state index in [9.17, 15) is 18.0 Å². The summed E-state index contributed by atoms with van der Waals surface area (Å²) in [6, 6.07) is 11.0. The maximum absolute atomic E-state index is 12.8. The van der Waals surface area contributed by atoms with Gasteiger partial charge in [0.1, 0.15) is 10.8 Å². The number of hydrogen-bond donors (Lipinski definition) is 1. The van der Waals surface area contributed by atoms with Crippen LogP contribution in [0.3, 0.4) is 0 Å². The summed E-state index contributed by atoms with van der Waals surface area (Å²) >= 11 is 18.6. The monoisotopic (exact) mass is 543 g/mol. The highest BCUT2D eigenvalue weighted by Crippen LogP contribution is 2.31. The average molecular weight is 545 g/mol. The Morgan fingerprint density at radius 1 is 0.971 bits per heavy atom. The molecule has 1 amide bonds. The molecule has 0 bridgehead atoms. The Labute approximate surface area is 212 Å². The summed E-state index contributed by atoms with van der Waals surface area (Å²) in [5.74, 6) is -0.474. The van der Waals surface area contributed by atoms with E-state index in [2.05, 4.69) is 15.5 Å². The van der Waals surface area contributed by atoms with Crippen LogP contribution in [0.2, 0.25) is 15.1 Å². The van der Waals surface area contributed by atoms with E-state index in [0.29, 0.717) is 15.6 Å². The molecule has 2 aromatic carbocycles. The molecule has 2 aromatic heterocycles. The van der Waals surface area contributed by atoms with Gasteiger partial charge in [-0.25, -0.2) is 4.68 Å². The van der Waals surface area contributed by atoms with Crippen LogP contribution >= 0.6 is 34.8 Å². The first-order chi connectivity index (χ1) is 16.6. The summed E-state index contributed by atoms with van der Waals surface area (Å²) in [6.45, 7) is 0.0260. The van der Waals surface area contributed by atoms with Gasteiger partial charge in [-0.2, -0.15) is 23.4 Å².